The fraction of sp³-hybridized carbons (Fsp3) is 1.00. The van der Waals surface area contributed by atoms with E-state index in [0.717, 1.165) is 38.2 Å². The lowest BCUT2D eigenvalue weighted by Crippen LogP contribution is -2.48. The van der Waals surface area contributed by atoms with Gasteiger partial charge in [0, 0.05) is 25.7 Å². The summed E-state index contributed by atoms with van der Waals surface area (Å²) in [7, 11) is 0. The van der Waals surface area contributed by atoms with Crippen molar-refractivity contribution in [2.75, 3.05) is 26.2 Å². The largest absolute Gasteiger partial charge is 0.374 e. The molecular formula is C10H20N2O. The van der Waals surface area contributed by atoms with Gasteiger partial charge in [0.25, 0.3) is 0 Å². The zero-order valence-electron chi connectivity index (χ0n) is 8.38. The minimum Gasteiger partial charge on any atom is -0.374 e. The summed E-state index contributed by atoms with van der Waals surface area (Å²) in [5.74, 6) is 0.933. The van der Waals surface area contributed by atoms with Crippen LogP contribution in [0.3, 0.4) is 0 Å². The number of nitrogens with one attached hydrogen (secondary N) is 2. The number of hydrogen-bond acceptors (Lipinski definition) is 3. The van der Waals surface area contributed by atoms with Crippen LogP contribution in [0.4, 0.5) is 0 Å². The molecule has 76 valence electrons. The Morgan fingerprint density at radius 2 is 2.31 bits per heavy atom. The van der Waals surface area contributed by atoms with Crippen LogP contribution in [0.15, 0.2) is 0 Å². The number of hydrogen-bond donors (Lipinski definition) is 2. The van der Waals surface area contributed by atoms with Crippen molar-refractivity contribution in [2.24, 2.45) is 5.92 Å². The van der Waals surface area contributed by atoms with Gasteiger partial charge in [-0.05, 0) is 18.8 Å². The molecule has 1 saturated heterocycles. The topological polar surface area (TPSA) is 33.3 Å². The monoisotopic (exact) mass is 184 g/mol. The molecule has 0 aromatic carbocycles. The van der Waals surface area contributed by atoms with Crippen molar-refractivity contribution in [3.8, 4) is 0 Å². The molecule has 1 aliphatic carbocycles. The zero-order valence-corrected chi connectivity index (χ0v) is 8.38. The lowest BCUT2D eigenvalue weighted by atomic mass is 9.82. The van der Waals surface area contributed by atoms with Crippen LogP contribution < -0.4 is 10.6 Å². The molecule has 2 fully saturated rings. The molecule has 3 heteroatoms. The Hall–Kier alpha value is -0.120. The first-order chi connectivity index (χ1) is 6.34. The molecule has 0 amide bonds. The summed E-state index contributed by atoms with van der Waals surface area (Å²) >= 11 is 0. The Bertz CT molecular complexity index is 151. The van der Waals surface area contributed by atoms with Crippen molar-refractivity contribution in [2.45, 2.75) is 31.9 Å². The molecule has 3 nitrogen and oxygen atoms in total. The van der Waals surface area contributed by atoms with Gasteiger partial charge in [-0.3, -0.25) is 0 Å². The van der Waals surface area contributed by atoms with Crippen molar-refractivity contribution in [1.29, 1.82) is 0 Å². The van der Waals surface area contributed by atoms with E-state index in [-0.39, 0.29) is 0 Å². The van der Waals surface area contributed by atoms with Crippen LogP contribution in [0.2, 0.25) is 0 Å². The summed E-state index contributed by atoms with van der Waals surface area (Å²) in [5.41, 5.74) is 0. The van der Waals surface area contributed by atoms with Gasteiger partial charge < -0.3 is 15.4 Å². The van der Waals surface area contributed by atoms with Crippen LogP contribution in [0.5, 0.6) is 0 Å². The Morgan fingerprint density at radius 1 is 1.46 bits per heavy atom. The Balaban J connectivity index is 1.56. The van der Waals surface area contributed by atoms with E-state index in [1.807, 2.05) is 0 Å². The zero-order chi connectivity index (χ0) is 9.10. The van der Waals surface area contributed by atoms with Crippen molar-refractivity contribution >= 4 is 0 Å². The van der Waals surface area contributed by atoms with Crippen LogP contribution in [-0.4, -0.2) is 38.4 Å². The highest BCUT2D eigenvalue weighted by Gasteiger charge is 2.25. The molecular weight excluding hydrogens is 164 g/mol. The maximum atomic E-state index is 5.60. The van der Waals surface area contributed by atoms with Crippen molar-refractivity contribution in [3.05, 3.63) is 0 Å². The van der Waals surface area contributed by atoms with E-state index in [4.69, 9.17) is 4.74 Å². The molecule has 0 bridgehead atoms. The molecule has 2 aliphatic rings. The SMILES string of the molecule is CC1CC(NCC2CNCCO2)C1. The summed E-state index contributed by atoms with van der Waals surface area (Å²) in [6.07, 6.45) is 3.09. The standard InChI is InChI=1S/C10H20N2O/c1-8-4-9(5-8)12-7-10-6-11-2-3-13-10/h8-12H,2-7H2,1H3. The summed E-state index contributed by atoms with van der Waals surface area (Å²) in [6.45, 7) is 6.22. The minimum absolute atomic E-state index is 0.393. The molecule has 2 rings (SSSR count). The third-order valence-electron chi connectivity index (χ3n) is 3.01. The minimum atomic E-state index is 0.393. The van der Waals surface area contributed by atoms with Crippen molar-refractivity contribution in [1.82, 2.24) is 10.6 Å². The highest BCUT2D eigenvalue weighted by molar-refractivity contribution is 4.83. The van der Waals surface area contributed by atoms with E-state index in [9.17, 15) is 0 Å². The normalized spacial score (nSPS) is 39.9. The Labute approximate surface area is 80.2 Å². The van der Waals surface area contributed by atoms with Gasteiger partial charge in [-0.1, -0.05) is 6.92 Å². The van der Waals surface area contributed by atoms with Crippen molar-refractivity contribution < 1.29 is 4.74 Å². The lowest BCUT2D eigenvalue weighted by Gasteiger charge is -2.35. The van der Waals surface area contributed by atoms with Gasteiger partial charge in [-0.2, -0.15) is 0 Å². The van der Waals surface area contributed by atoms with E-state index >= 15 is 0 Å². The molecule has 0 aromatic heterocycles. The van der Waals surface area contributed by atoms with Gasteiger partial charge in [-0.15, -0.1) is 0 Å². The summed E-state index contributed by atoms with van der Waals surface area (Å²) in [5, 5.41) is 6.89. The van der Waals surface area contributed by atoms with Crippen molar-refractivity contribution in [3.63, 3.8) is 0 Å². The quantitative estimate of drug-likeness (QED) is 0.664. The maximum absolute atomic E-state index is 5.60. The van der Waals surface area contributed by atoms with E-state index in [0.29, 0.717) is 6.10 Å². The third kappa shape index (κ3) is 2.66. The van der Waals surface area contributed by atoms with E-state index in [1.165, 1.54) is 12.8 Å². The van der Waals surface area contributed by atoms with Gasteiger partial charge in [0.05, 0.1) is 12.7 Å². The highest BCUT2D eigenvalue weighted by atomic mass is 16.5. The predicted octanol–water partition coefficient (Wildman–Crippen LogP) is 0.363. The summed E-state index contributed by atoms with van der Waals surface area (Å²) < 4.78 is 5.60. The summed E-state index contributed by atoms with van der Waals surface area (Å²) in [4.78, 5) is 0. The lowest BCUT2D eigenvalue weighted by molar-refractivity contribution is 0.0243. The molecule has 1 unspecified atom stereocenters. The van der Waals surface area contributed by atoms with E-state index < -0.39 is 0 Å². The van der Waals surface area contributed by atoms with Gasteiger partial charge in [0.2, 0.25) is 0 Å². The first kappa shape index (κ1) is 9.44. The molecule has 0 radical (unpaired) electrons. The molecule has 0 spiro atoms. The van der Waals surface area contributed by atoms with Gasteiger partial charge >= 0.3 is 0 Å². The first-order valence-corrected chi connectivity index (χ1v) is 5.40. The van der Waals surface area contributed by atoms with E-state index in [2.05, 4.69) is 17.6 Å². The highest BCUT2D eigenvalue weighted by Crippen LogP contribution is 2.26. The molecule has 0 aromatic rings. The number of morpholine rings is 1. The van der Waals surface area contributed by atoms with E-state index in [1.54, 1.807) is 0 Å². The number of ether oxygens (including phenoxy) is 1. The van der Waals surface area contributed by atoms with Crippen LogP contribution >= 0.6 is 0 Å². The Kier molecular flexibility index (Phi) is 3.19. The second kappa shape index (κ2) is 4.40. The smallest absolute Gasteiger partial charge is 0.0824 e. The fourth-order valence-corrected chi connectivity index (χ4v) is 2.12. The second-order valence-electron chi connectivity index (χ2n) is 4.38. The molecule has 1 heterocycles. The van der Waals surface area contributed by atoms with Crippen LogP contribution in [-0.2, 0) is 4.74 Å². The van der Waals surface area contributed by atoms with Crippen LogP contribution in [0.25, 0.3) is 0 Å². The molecule has 13 heavy (non-hydrogen) atoms. The molecule has 1 atom stereocenters. The van der Waals surface area contributed by atoms with Gasteiger partial charge in [-0.25, -0.2) is 0 Å². The predicted molar refractivity (Wildman–Crippen MR) is 52.8 cm³/mol. The average molecular weight is 184 g/mol. The fourth-order valence-electron chi connectivity index (χ4n) is 2.12. The molecule has 1 saturated carbocycles. The van der Waals surface area contributed by atoms with Gasteiger partial charge in [0.15, 0.2) is 0 Å². The maximum Gasteiger partial charge on any atom is 0.0824 e. The van der Waals surface area contributed by atoms with Crippen LogP contribution in [0.1, 0.15) is 19.8 Å². The Morgan fingerprint density at radius 3 is 2.92 bits per heavy atom. The third-order valence-corrected chi connectivity index (χ3v) is 3.01. The molecule has 2 N–H and O–H groups in total. The number of rotatable bonds is 3. The van der Waals surface area contributed by atoms with Gasteiger partial charge in [0.1, 0.15) is 0 Å². The average Bonchev–Trinajstić information content (AvgIpc) is 2.12. The second-order valence-corrected chi connectivity index (χ2v) is 4.38. The summed E-state index contributed by atoms with van der Waals surface area (Å²) in [6, 6.07) is 0.764. The molecule has 1 aliphatic heterocycles. The van der Waals surface area contributed by atoms with Crippen LogP contribution in [0, 0.1) is 5.92 Å². The first-order valence-electron chi connectivity index (χ1n) is 5.40.